The van der Waals surface area contributed by atoms with Crippen molar-refractivity contribution in [3.63, 3.8) is 0 Å². The smallest absolute Gasteiger partial charge is 0.226 e. The van der Waals surface area contributed by atoms with E-state index in [1.165, 1.54) is 0 Å². The molecule has 1 aliphatic heterocycles. The summed E-state index contributed by atoms with van der Waals surface area (Å²) in [4.78, 5) is 26.4. The van der Waals surface area contributed by atoms with Crippen molar-refractivity contribution in [3.8, 4) is 0 Å². The number of hydrogen-bond donors (Lipinski definition) is 2. The van der Waals surface area contributed by atoms with Crippen LogP contribution >= 0.6 is 12.4 Å². The zero-order valence-corrected chi connectivity index (χ0v) is 13.9. The molecular weight excluding hydrogens is 302 g/mol. The number of nitrogens with one attached hydrogen (secondary N) is 1. The van der Waals surface area contributed by atoms with Crippen molar-refractivity contribution in [1.29, 1.82) is 0 Å². The second-order valence-corrected chi connectivity index (χ2v) is 6.92. The van der Waals surface area contributed by atoms with E-state index in [0.717, 1.165) is 58.0 Å². The third-order valence-electron chi connectivity index (χ3n) is 5.38. The van der Waals surface area contributed by atoms with E-state index in [4.69, 9.17) is 5.73 Å². The highest BCUT2D eigenvalue weighted by atomic mass is 35.5. The van der Waals surface area contributed by atoms with Gasteiger partial charge in [-0.15, -0.1) is 12.4 Å². The van der Waals surface area contributed by atoms with E-state index in [1.54, 1.807) is 0 Å². The number of carbonyl (C=O) groups is 2. The Morgan fingerprint density at radius 3 is 2.32 bits per heavy atom. The number of nitrogens with zero attached hydrogens (tertiary/aromatic N) is 1. The molecule has 3 rings (SSSR count). The van der Waals surface area contributed by atoms with Crippen molar-refractivity contribution in [2.75, 3.05) is 19.6 Å². The fraction of sp³-hybridized carbons (Fsp3) is 0.875. The molecule has 6 heteroatoms. The van der Waals surface area contributed by atoms with Gasteiger partial charge in [-0.1, -0.05) is 6.42 Å². The number of carbonyl (C=O) groups excluding carboxylic acids is 2. The van der Waals surface area contributed by atoms with E-state index < -0.39 is 0 Å². The van der Waals surface area contributed by atoms with Crippen LogP contribution in [-0.4, -0.2) is 42.4 Å². The van der Waals surface area contributed by atoms with E-state index in [0.29, 0.717) is 18.4 Å². The van der Waals surface area contributed by atoms with Crippen LogP contribution in [0, 0.1) is 17.8 Å². The lowest BCUT2D eigenvalue weighted by Crippen LogP contribution is -2.49. The number of piperidine rings is 1. The van der Waals surface area contributed by atoms with Crippen LogP contribution in [0.2, 0.25) is 0 Å². The van der Waals surface area contributed by atoms with Gasteiger partial charge in [0.15, 0.2) is 0 Å². The maximum atomic E-state index is 12.6. The second-order valence-electron chi connectivity index (χ2n) is 6.92. The molecule has 126 valence electrons. The summed E-state index contributed by atoms with van der Waals surface area (Å²) in [5.41, 5.74) is 5.78. The van der Waals surface area contributed by atoms with Crippen LogP contribution in [0.1, 0.15) is 44.9 Å². The summed E-state index contributed by atoms with van der Waals surface area (Å²) >= 11 is 0. The molecule has 0 radical (unpaired) electrons. The lowest BCUT2D eigenvalue weighted by Gasteiger charge is -2.35. The van der Waals surface area contributed by atoms with Crippen LogP contribution in [0.25, 0.3) is 0 Å². The molecule has 5 nitrogen and oxygen atoms in total. The predicted molar refractivity (Wildman–Crippen MR) is 87.6 cm³/mol. The van der Waals surface area contributed by atoms with E-state index >= 15 is 0 Å². The van der Waals surface area contributed by atoms with Crippen molar-refractivity contribution in [1.82, 2.24) is 10.2 Å². The first-order valence-electron chi connectivity index (χ1n) is 8.48. The molecule has 2 amide bonds. The van der Waals surface area contributed by atoms with Gasteiger partial charge in [0, 0.05) is 31.0 Å². The number of amides is 2. The molecule has 0 spiro atoms. The predicted octanol–water partition coefficient (Wildman–Crippen LogP) is 1.30. The normalized spacial score (nSPS) is 29.0. The van der Waals surface area contributed by atoms with E-state index in [9.17, 15) is 9.59 Å². The van der Waals surface area contributed by atoms with Crippen molar-refractivity contribution in [3.05, 3.63) is 0 Å². The van der Waals surface area contributed by atoms with Crippen LogP contribution in [0.15, 0.2) is 0 Å². The Kier molecular flexibility index (Phi) is 6.09. The molecule has 2 aliphatic carbocycles. The van der Waals surface area contributed by atoms with Gasteiger partial charge in [0.2, 0.25) is 11.8 Å². The maximum absolute atomic E-state index is 12.6. The van der Waals surface area contributed by atoms with Gasteiger partial charge < -0.3 is 16.0 Å². The highest BCUT2D eigenvalue weighted by Crippen LogP contribution is 2.33. The maximum Gasteiger partial charge on any atom is 0.226 e. The van der Waals surface area contributed by atoms with Crippen LogP contribution < -0.4 is 11.1 Å². The topological polar surface area (TPSA) is 75.4 Å². The first-order valence-corrected chi connectivity index (χ1v) is 8.48. The summed E-state index contributed by atoms with van der Waals surface area (Å²) in [5.74, 6) is 1.32. The Morgan fingerprint density at radius 1 is 1.05 bits per heavy atom. The van der Waals surface area contributed by atoms with Gasteiger partial charge in [-0.25, -0.2) is 0 Å². The highest BCUT2D eigenvalue weighted by molar-refractivity contribution is 5.85. The third-order valence-corrected chi connectivity index (χ3v) is 5.38. The van der Waals surface area contributed by atoms with Crippen LogP contribution in [0.5, 0.6) is 0 Å². The van der Waals surface area contributed by atoms with E-state index in [2.05, 4.69) is 5.32 Å². The summed E-state index contributed by atoms with van der Waals surface area (Å²) in [6, 6.07) is 0.260. The average molecular weight is 330 g/mol. The minimum absolute atomic E-state index is 0. The van der Waals surface area contributed by atoms with Crippen molar-refractivity contribution in [2.24, 2.45) is 23.5 Å². The van der Waals surface area contributed by atoms with Crippen molar-refractivity contribution in [2.45, 2.75) is 51.0 Å². The van der Waals surface area contributed by atoms with E-state index in [1.807, 2.05) is 4.90 Å². The Morgan fingerprint density at radius 2 is 1.73 bits per heavy atom. The van der Waals surface area contributed by atoms with Crippen LogP contribution in [0.4, 0.5) is 0 Å². The summed E-state index contributed by atoms with van der Waals surface area (Å²) in [5, 5.41) is 3.13. The number of nitrogens with two attached hydrogens (primary N) is 1. The molecular formula is C16H28ClN3O2. The summed E-state index contributed by atoms with van der Waals surface area (Å²) in [6.07, 6.45) is 7.11. The second kappa shape index (κ2) is 7.64. The van der Waals surface area contributed by atoms with Gasteiger partial charge in [-0.2, -0.15) is 0 Å². The molecule has 0 aromatic heterocycles. The van der Waals surface area contributed by atoms with Crippen LogP contribution in [-0.2, 0) is 9.59 Å². The molecule has 2 atom stereocenters. The van der Waals surface area contributed by atoms with Gasteiger partial charge in [0.25, 0.3) is 0 Å². The molecule has 3 N–H and O–H groups in total. The van der Waals surface area contributed by atoms with Gasteiger partial charge >= 0.3 is 0 Å². The molecule has 0 bridgehead atoms. The molecule has 1 heterocycles. The Hall–Kier alpha value is -0.810. The molecule has 0 unspecified atom stereocenters. The zero-order valence-electron chi connectivity index (χ0n) is 13.1. The SMILES string of the molecule is Cl.NC[C@H]1CCC[C@H]1C(=O)N1CCC(NC(=O)C2CC2)CC1. The molecule has 0 aromatic carbocycles. The fourth-order valence-electron chi connectivity index (χ4n) is 3.79. The largest absolute Gasteiger partial charge is 0.353 e. The summed E-state index contributed by atoms with van der Waals surface area (Å²) in [6.45, 7) is 2.19. The van der Waals surface area contributed by atoms with E-state index in [-0.39, 0.29) is 36.2 Å². The summed E-state index contributed by atoms with van der Waals surface area (Å²) < 4.78 is 0. The Labute approximate surface area is 138 Å². The lowest BCUT2D eigenvalue weighted by molar-refractivity contribution is -0.137. The quantitative estimate of drug-likeness (QED) is 0.816. The minimum atomic E-state index is 0. The third kappa shape index (κ3) is 3.93. The van der Waals surface area contributed by atoms with Crippen molar-refractivity contribution >= 4 is 24.2 Å². The number of likely N-dealkylation sites (tertiary alicyclic amines) is 1. The number of hydrogen-bond acceptors (Lipinski definition) is 3. The molecule has 22 heavy (non-hydrogen) atoms. The van der Waals surface area contributed by atoms with Gasteiger partial charge in [0.05, 0.1) is 0 Å². The molecule has 2 saturated carbocycles. The molecule has 3 aliphatic rings. The number of rotatable bonds is 4. The summed E-state index contributed by atoms with van der Waals surface area (Å²) in [7, 11) is 0. The monoisotopic (exact) mass is 329 g/mol. The highest BCUT2D eigenvalue weighted by Gasteiger charge is 2.36. The first-order chi connectivity index (χ1) is 10.2. The standard InChI is InChI=1S/C16H27N3O2.ClH/c17-10-12-2-1-3-14(12)16(21)19-8-6-13(7-9-19)18-15(20)11-4-5-11;/h11-14H,1-10,17H2,(H,18,20);1H/t12-,14-;/m1./s1. The Balaban J connectivity index is 0.00000176. The number of halogens is 1. The minimum Gasteiger partial charge on any atom is -0.353 e. The van der Waals surface area contributed by atoms with Gasteiger partial charge in [-0.05, 0) is 51.0 Å². The zero-order chi connectivity index (χ0) is 14.8. The fourth-order valence-corrected chi connectivity index (χ4v) is 3.79. The van der Waals surface area contributed by atoms with Gasteiger partial charge in [-0.3, -0.25) is 9.59 Å². The first kappa shape index (κ1) is 17.5. The van der Waals surface area contributed by atoms with Crippen molar-refractivity contribution < 1.29 is 9.59 Å². The average Bonchev–Trinajstić information content (AvgIpc) is 3.25. The molecule has 3 fully saturated rings. The molecule has 0 aromatic rings. The van der Waals surface area contributed by atoms with Crippen LogP contribution in [0.3, 0.4) is 0 Å². The Bertz CT molecular complexity index is 406. The molecule has 1 saturated heterocycles. The van der Waals surface area contributed by atoms with Gasteiger partial charge in [0.1, 0.15) is 0 Å². The lowest BCUT2D eigenvalue weighted by atomic mass is 9.93.